The van der Waals surface area contributed by atoms with Crippen molar-refractivity contribution in [2.75, 3.05) is 38.7 Å². The van der Waals surface area contributed by atoms with Gasteiger partial charge in [-0.1, -0.05) is 72.3 Å². The maximum atomic E-state index is 13.2. The molecule has 0 aliphatic carbocycles. The van der Waals surface area contributed by atoms with E-state index in [-0.39, 0.29) is 12.5 Å². The minimum atomic E-state index is -0.936. The van der Waals surface area contributed by atoms with Crippen LogP contribution in [-0.2, 0) is 15.1 Å². The summed E-state index contributed by atoms with van der Waals surface area (Å²) < 4.78 is 6.55. The zero-order chi connectivity index (χ0) is 21.8. The summed E-state index contributed by atoms with van der Waals surface area (Å²) in [6.45, 7) is 1.50. The molecule has 0 aromatic heterocycles. The van der Waals surface area contributed by atoms with Gasteiger partial charge in [0.2, 0.25) is 0 Å². The number of halogens is 1. The minimum absolute atomic E-state index is 0.0158. The highest BCUT2D eigenvalue weighted by atomic mass is 35.5. The Kier molecular flexibility index (Phi) is 6.42. The van der Waals surface area contributed by atoms with Crippen molar-refractivity contribution in [2.45, 2.75) is 12.0 Å². The van der Waals surface area contributed by atoms with Crippen molar-refractivity contribution in [3.8, 4) is 0 Å². The number of carbonyl (C=O) groups is 1. The van der Waals surface area contributed by atoms with Gasteiger partial charge in [-0.2, -0.15) is 0 Å². The predicted molar refractivity (Wildman–Crippen MR) is 126 cm³/mol. The topological polar surface area (TPSA) is 32.8 Å². The van der Waals surface area contributed by atoms with Crippen LogP contribution in [0.5, 0.6) is 0 Å². The number of amides is 1. The molecule has 0 saturated carbocycles. The van der Waals surface area contributed by atoms with Gasteiger partial charge in [0.1, 0.15) is 12.2 Å². The normalized spacial score (nSPS) is 15.6. The summed E-state index contributed by atoms with van der Waals surface area (Å²) in [5.74, 6) is -0.0453. The molecule has 160 valence electrons. The lowest BCUT2D eigenvalue weighted by Crippen LogP contribution is -2.35. The zero-order valence-corrected chi connectivity index (χ0v) is 18.7. The van der Waals surface area contributed by atoms with Crippen molar-refractivity contribution in [3.05, 3.63) is 101 Å². The first-order valence-corrected chi connectivity index (χ1v) is 10.9. The van der Waals surface area contributed by atoms with Crippen molar-refractivity contribution in [1.29, 1.82) is 0 Å². The molecule has 0 saturated heterocycles. The van der Waals surface area contributed by atoms with E-state index in [1.54, 1.807) is 0 Å². The fraction of sp³-hybridized carbons (Fsp3) is 0.269. The third kappa shape index (κ3) is 4.24. The second kappa shape index (κ2) is 9.23. The molecule has 0 bridgehead atoms. The van der Waals surface area contributed by atoms with Gasteiger partial charge in [-0.3, -0.25) is 4.79 Å². The van der Waals surface area contributed by atoms with Crippen LogP contribution in [0.2, 0.25) is 5.02 Å². The molecule has 31 heavy (non-hydrogen) atoms. The molecule has 4 nitrogen and oxygen atoms in total. The van der Waals surface area contributed by atoms with Gasteiger partial charge in [-0.25, -0.2) is 0 Å². The summed E-state index contributed by atoms with van der Waals surface area (Å²) in [5.41, 5.74) is 2.72. The Morgan fingerprint density at radius 2 is 1.58 bits per heavy atom. The van der Waals surface area contributed by atoms with Crippen LogP contribution in [0.25, 0.3) is 0 Å². The first kappa shape index (κ1) is 21.6. The van der Waals surface area contributed by atoms with E-state index in [0.29, 0.717) is 11.6 Å². The average molecular weight is 435 g/mol. The summed E-state index contributed by atoms with van der Waals surface area (Å²) in [6, 6.07) is 25.9. The van der Waals surface area contributed by atoms with E-state index in [0.717, 1.165) is 35.3 Å². The number of nitrogens with zero attached hydrogens (tertiary/aromatic N) is 2. The number of carbonyl (C=O) groups excluding carboxylic acids is 1. The molecule has 0 radical (unpaired) electrons. The van der Waals surface area contributed by atoms with E-state index in [9.17, 15) is 4.79 Å². The number of benzene rings is 3. The van der Waals surface area contributed by atoms with Crippen molar-refractivity contribution >= 4 is 23.2 Å². The van der Waals surface area contributed by atoms with Crippen LogP contribution in [0.4, 0.5) is 5.69 Å². The number of anilines is 1. The van der Waals surface area contributed by atoms with Crippen LogP contribution in [0, 0.1) is 0 Å². The SMILES string of the molecule is CN(C)CCCN1C(=O)COC(c2ccccc2)(c2ccccc2)c2cc(Cl)ccc21. The first-order valence-electron chi connectivity index (χ1n) is 10.5. The molecule has 0 N–H and O–H groups in total. The fourth-order valence-electron chi connectivity index (χ4n) is 4.27. The van der Waals surface area contributed by atoms with Gasteiger partial charge in [-0.15, -0.1) is 0 Å². The highest BCUT2D eigenvalue weighted by Gasteiger charge is 2.43. The van der Waals surface area contributed by atoms with Crippen LogP contribution < -0.4 is 4.90 Å². The fourth-order valence-corrected chi connectivity index (χ4v) is 4.44. The predicted octanol–water partition coefficient (Wildman–Crippen LogP) is 4.95. The molecule has 5 heteroatoms. The third-order valence-electron chi connectivity index (χ3n) is 5.69. The van der Waals surface area contributed by atoms with Gasteiger partial charge < -0.3 is 14.5 Å². The molecule has 0 atom stereocenters. The third-order valence-corrected chi connectivity index (χ3v) is 5.92. The van der Waals surface area contributed by atoms with E-state index >= 15 is 0 Å². The van der Waals surface area contributed by atoms with Gasteiger partial charge >= 0.3 is 0 Å². The van der Waals surface area contributed by atoms with E-state index < -0.39 is 5.60 Å². The minimum Gasteiger partial charge on any atom is -0.351 e. The Labute approximate surface area is 189 Å². The monoisotopic (exact) mass is 434 g/mol. The van der Waals surface area contributed by atoms with E-state index in [2.05, 4.69) is 4.90 Å². The Bertz CT molecular complexity index is 998. The van der Waals surface area contributed by atoms with Gasteiger partial charge in [-0.05, 0) is 56.4 Å². The molecular weight excluding hydrogens is 408 g/mol. The molecule has 0 unspecified atom stereocenters. The molecule has 3 aromatic rings. The van der Waals surface area contributed by atoms with Crippen molar-refractivity contribution < 1.29 is 9.53 Å². The van der Waals surface area contributed by atoms with Crippen LogP contribution in [0.15, 0.2) is 78.9 Å². The molecule has 0 fully saturated rings. The first-order chi connectivity index (χ1) is 15.0. The molecule has 1 aliphatic rings. The molecular formula is C26H27ClN2O2. The van der Waals surface area contributed by atoms with Gasteiger partial charge in [0.05, 0.1) is 5.69 Å². The highest BCUT2D eigenvalue weighted by Crippen LogP contribution is 2.47. The van der Waals surface area contributed by atoms with Crippen LogP contribution in [0.1, 0.15) is 23.1 Å². The maximum absolute atomic E-state index is 13.2. The molecule has 3 aromatic carbocycles. The standard InChI is InChI=1S/C26H27ClN2O2/c1-28(2)16-9-17-29-24-15-14-22(27)18-23(24)26(31-19-25(29)30,20-10-5-3-6-11-20)21-12-7-4-8-13-21/h3-8,10-15,18H,9,16-17,19H2,1-2H3. The molecule has 1 amide bonds. The number of rotatable bonds is 6. The number of hydrogen-bond acceptors (Lipinski definition) is 3. The van der Waals surface area contributed by atoms with Crippen LogP contribution in [-0.4, -0.2) is 44.6 Å². The smallest absolute Gasteiger partial charge is 0.253 e. The second-order valence-electron chi connectivity index (χ2n) is 8.07. The van der Waals surface area contributed by atoms with Crippen molar-refractivity contribution in [1.82, 2.24) is 4.90 Å². The zero-order valence-electron chi connectivity index (χ0n) is 17.9. The summed E-state index contributed by atoms with van der Waals surface area (Å²) in [6.07, 6.45) is 0.866. The summed E-state index contributed by atoms with van der Waals surface area (Å²) in [7, 11) is 4.08. The Balaban J connectivity index is 1.93. The highest BCUT2D eigenvalue weighted by molar-refractivity contribution is 6.30. The summed E-state index contributed by atoms with van der Waals surface area (Å²) in [4.78, 5) is 17.2. The van der Waals surface area contributed by atoms with Gasteiger partial charge in [0.15, 0.2) is 0 Å². The van der Waals surface area contributed by atoms with Crippen LogP contribution >= 0.6 is 11.6 Å². The van der Waals surface area contributed by atoms with Crippen molar-refractivity contribution in [2.24, 2.45) is 0 Å². The maximum Gasteiger partial charge on any atom is 0.253 e. The second-order valence-corrected chi connectivity index (χ2v) is 8.50. The van der Waals surface area contributed by atoms with E-state index in [4.69, 9.17) is 16.3 Å². The lowest BCUT2D eigenvalue weighted by molar-refractivity contribution is -0.126. The number of ether oxygens (including phenoxy) is 1. The molecule has 4 rings (SSSR count). The largest absolute Gasteiger partial charge is 0.351 e. The summed E-state index contributed by atoms with van der Waals surface area (Å²) >= 11 is 6.50. The number of hydrogen-bond donors (Lipinski definition) is 0. The Morgan fingerprint density at radius 3 is 2.16 bits per heavy atom. The lowest BCUT2D eigenvalue weighted by Gasteiger charge is -2.35. The summed E-state index contributed by atoms with van der Waals surface area (Å²) in [5, 5.41) is 0.612. The number of fused-ring (bicyclic) bond motifs is 1. The molecule has 1 heterocycles. The lowest BCUT2D eigenvalue weighted by atomic mass is 9.79. The van der Waals surface area contributed by atoms with Gasteiger partial charge in [0, 0.05) is 17.1 Å². The molecule has 0 spiro atoms. The van der Waals surface area contributed by atoms with E-state index in [1.165, 1.54) is 0 Å². The van der Waals surface area contributed by atoms with Crippen LogP contribution in [0.3, 0.4) is 0 Å². The Morgan fingerprint density at radius 1 is 0.968 bits per heavy atom. The van der Waals surface area contributed by atoms with Gasteiger partial charge in [0.25, 0.3) is 5.91 Å². The average Bonchev–Trinajstić information content (AvgIpc) is 2.90. The quantitative estimate of drug-likeness (QED) is 0.550. The van der Waals surface area contributed by atoms with Crippen molar-refractivity contribution in [3.63, 3.8) is 0 Å². The molecule has 1 aliphatic heterocycles. The van der Waals surface area contributed by atoms with E-state index in [1.807, 2.05) is 97.9 Å². The Hall–Kier alpha value is -2.66.